The van der Waals surface area contributed by atoms with Gasteiger partial charge in [0.25, 0.3) is 5.91 Å². The number of hydrogen-bond acceptors (Lipinski definition) is 7. The first kappa shape index (κ1) is 18.5. The Morgan fingerprint density at radius 1 is 1.18 bits per heavy atom. The molecule has 0 bridgehead atoms. The van der Waals surface area contributed by atoms with E-state index in [-0.39, 0.29) is 0 Å². The molecule has 122 valence electrons. The highest BCUT2D eigenvalue weighted by Crippen LogP contribution is 2.08. The summed E-state index contributed by atoms with van der Waals surface area (Å²) in [6, 6.07) is 6.53. The fourth-order valence-corrected chi connectivity index (χ4v) is 1.59. The first-order valence-electron chi connectivity index (χ1n) is 6.28. The molecule has 6 N–H and O–H groups in total. The molecule has 0 saturated heterocycles. The average molecular weight is 333 g/mol. The van der Waals surface area contributed by atoms with Crippen molar-refractivity contribution in [2.75, 3.05) is 6.61 Å². The standard InChI is InChI=1S/C13H17ClN2O6/c14-8-3-1-7(2-4-8)5-15-16-13(22)12(21)11(20)10(19)9(18)6-17/h1-5,9-12,17-21H,6H2,(H,16,22)/b15-5-. The lowest BCUT2D eigenvalue weighted by Crippen LogP contribution is -2.50. The van der Waals surface area contributed by atoms with Gasteiger partial charge < -0.3 is 25.5 Å². The molecular weight excluding hydrogens is 316 g/mol. The molecule has 0 aliphatic rings. The summed E-state index contributed by atoms with van der Waals surface area (Å²) in [5.41, 5.74) is 2.61. The molecule has 1 rings (SSSR count). The average Bonchev–Trinajstić information content (AvgIpc) is 2.53. The van der Waals surface area contributed by atoms with Crippen LogP contribution < -0.4 is 5.43 Å². The maximum Gasteiger partial charge on any atom is 0.271 e. The molecule has 0 saturated carbocycles. The van der Waals surface area contributed by atoms with E-state index < -0.39 is 36.9 Å². The molecule has 0 heterocycles. The number of aliphatic hydroxyl groups excluding tert-OH is 5. The Morgan fingerprint density at radius 3 is 2.32 bits per heavy atom. The van der Waals surface area contributed by atoms with Crippen LogP contribution in [-0.2, 0) is 4.79 Å². The number of nitrogens with zero attached hydrogens (tertiary/aromatic N) is 1. The van der Waals surface area contributed by atoms with Crippen LogP contribution in [0.5, 0.6) is 0 Å². The van der Waals surface area contributed by atoms with Gasteiger partial charge in [-0.15, -0.1) is 0 Å². The zero-order valence-electron chi connectivity index (χ0n) is 11.4. The van der Waals surface area contributed by atoms with Crippen LogP contribution in [-0.4, -0.2) is 68.7 Å². The van der Waals surface area contributed by atoms with Crippen LogP contribution in [0.25, 0.3) is 0 Å². The van der Waals surface area contributed by atoms with Gasteiger partial charge in [-0.3, -0.25) is 4.79 Å². The summed E-state index contributed by atoms with van der Waals surface area (Å²) < 4.78 is 0. The molecular formula is C13H17ClN2O6. The summed E-state index contributed by atoms with van der Waals surface area (Å²) in [6.07, 6.45) is -6.29. The zero-order valence-corrected chi connectivity index (χ0v) is 12.1. The van der Waals surface area contributed by atoms with Crippen molar-refractivity contribution in [3.05, 3.63) is 34.9 Å². The van der Waals surface area contributed by atoms with Gasteiger partial charge in [-0.1, -0.05) is 23.7 Å². The predicted molar refractivity (Wildman–Crippen MR) is 78.3 cm³/mol. The van der Waals surface area contributed by atoms with Crippen LogP contribution in [0.4, 0.5) is 0 Å². The van der Waals surface area contributed by atoms with E-state index in [4.69, 9.17) is 21.8 Å². The number of hydrogen-bond donors (Lipinski definition) is 6. The van der Waals surface area contributed by atoms with Gasteiger partial charge in [0.1, 0.15) is 18.3 Å². The molecule has 0 spiro atoms. The lowest BCUT2D eigenvalue weighted by molar-refractivity contribution is -0.148. The Kier molecular flexibility index (Phi) is 7.39. The van der Waals surface area contributed by atoms with Gasteiger partial charge in [-0.05, 0) is 17.7 Å². The summed E-state index contributed by atoms with van der Waals surface area (Å²) >= 11 is 5.70. The minimum atomic E-state index is -2.03. The van der Waals surface area contributed by atoms with Crippen molar-refractivity contribution in [2.45, 2.75) is 24.4 Å². The molecule has 0 aromatic heterocycles. The van der Waals surface area contributed by atoms with Crippen molar-refractivity contribution in [3.8, 4) is 0 Å². The zero-order chi connectivity index (χ0) is 16.7. The minimum Gasteiger partial charge on any atom is -0.394 e. The SMILES string of the molecule is O=C(N/N=C\c1ccc(Cl)cc1)C(O)C(O)C(O)C(O)CO. The Bertz CT molecular complexity index is 510. The monoisotopic (exact) mass is 332 g/mol. The van der Waals surface area contributed by atoms with Crippen molar-refractivity contribution in [1.29, 1.82) is 0 Å². The van der Waals surface area contributed by atoms with Gasteiger partial charge in [-0.25, -0.2) is 5.43 Å². The summed E-state index contributed by atoms with van der Waals surface area (Å²) in [6.45, 7) is -0.832. The Morgan fingerprint density at radius 2 is 1.77 bits per heavy atom. The van der Waals surface area contributed by atoms with E-state index in [9.17, 15) is 20.1 Å². The summed E-state index contributed by atoms with van der Waals surface area (Å²) in [5.74, 6) is -1.08. The quantitative estimate of drug-likeness (QED) is 0.257. The predicted octanol–water partition coefficient (Wildman–Crippen LogP) is -1.77. The molecule has 0 radical (unpaired) electrons. The second-order valence-electron chi connectivity index (χ2n) is 4.46. The maximum absolute atomic E-state index is 11.5. The summed E-state index contributed by atoms with van der Waals surface area (Å²) in [5, 5.41) is 50.3. The van der Waals surface area contributed by atoms with Gasteiger partial charge in [-0.2, -0.15) is 5.10 Å². The van der Waals surface area contributed by atoms with Crippen LogP contribution in [0.15, 0.2) is 29.4 Å². The second-order valence-corrected chi connectivity index (χ2v) is 4.90. The third-order valence-corrected chi connectivity index (χ3v) is 3.03. The first-order chi connectivity index (χ1) is 10.4. The van der Waals surface area contributed by atoms with E-state index in [0.29, 0.717) is 10.6 Å². The number of aliphatic hydroxyl groups is 5. The van der Waals surface area contributed by atoms with Crippen molar-refractivity contribution >= 4 is 23.7 Å². The van der Waals surface area contributed by atoms with Gasteiger partial charge in [0.05, 0.1) is 12.8 Å². The Labute approximate surface area is 131 Å². The second kappa shape index (κ2) is 8.79. The fraction of sp³-hybridized carbons (Fsp3) is 0.385. The number of hydrazone groups is 1. The molecule has 4 unspecified atom stereocenters. The normalized spacial score (nSPS) is 17.0. The first-order valence-corrected chi connectivity index (χ1v) is 6.66. The van der Waals surface area contributed by atoms with E-state index in [1.165, 1.54) is 6.21 Å². The van der Waals surface area contributed by atoms with Gasteiger partial charge >= 0.3 is 0 Å². The highest BCUT2D eigenvalue weighted by molar-refractivity contribution is 6.30. The van der Waals surface area contributed by atoms with E-state index in [1.807, 2.05) is 5.43 Å². The van der Waals surface area contributed by atoms with Crippen LogP contribution in [0.3, 0.4) is 0 Å². The largest absolute Gasteiger partial charge is 0.394 e. The molecule has 1 aromatic carbocycles. The van der Waals surface area contributed by atoms with Gasteiger partial charge in [0, 0.05) is 5.02 Å². The molecule has 22 heavy (non-hydrogen) atoms. The van der Waals surface area contributed by atoms with Crippen molar-refractivity contribution in [2.24, 2.45) is 5.10 Å². The van der Waals surface area contributed by atoms with E-state index in [0.717, 1.165) is 0 Å². The number of nitrogens with one attached hydrogen (secondary N) is 1. The van der Waals surface area contributed by atoms with Crippen LogP contribution >= 0.6 is 11.6 Å². The third kappa shape index (κ3) is 5.34. The molecule has 1 amide bonds. The molecule has 0 aliphatic carbocycles. The number of carbonyl (C=O) groups is 1. The molecule has 4 atom stereocenters. The van der Waals surface area contributed by atoms with Gasteiger partial charge in [0.15, 0.2) is 6.10 Å². The number of amides is 1. The minimum absolute atomic E-state index is 0.538. The topological polar surface area (TPSA) is 143 Å². The molecule has 9 heteroatoms. The molecule has 0 aliphatic heterocycles. The lowest BCUT2D eigenvalue weighted by atomic mass is 10.0. The number of halogens is 1. The van der Waals surface area contributed by atoms with E-state index in [2.05, 4.69) is 5.10 Å². The Balaban J connectivity index is 2.55. The number of benzene rings is 1. The Hall–Kier alpha value is -1.55. The highest BCUT2D eigenvalue weighted by atomic mass is 35.5. The highest BCUT2D eigenvalue weighted by Gasteiger charge is 2.34. The summed E-state index contributed by atoms with van der Waals surface area (Å²) in [7, 11) is 0. The van der Waals surface area contributed by atoms with Crippen LogP contribution in [0.2, 0.25) is 5.02 Å². The molecule has 1 aromatic rings. The number of carbonyl (C=O) groups excluding carboxylic acids is 1. The van der Waals surface area contributed by atoms with Crippen molar-refractivity contribution in [1.82, 2.24) is 5.43 Å². The van der Waals surface area contributed by atoms with Crippen molar-refractivity contribution in [3.63, 3.8) is 0 Å². The van der Waals surface area contributed by atoms with E-state index >= 15 is 0 Å². The summed E-state index contributed by atoms with van der Waals surface area (Å²) in [4.78, 5) is 11.5. The van der Waals surface area contributed by atoms with Crippen molar-refractivity contribution < 1.29 is 30.3 Å². The molecule has 8 nitrogen and oxygen atoms in total. The third-order valence-electron chi connectivity index (χ3n) is 2.78. The maximum atomic E-state index is 11.5. The molecule has 0 fully saturated rings. The fourth-order valence-electron chi connectivity index (χ4n) is 1.46. The lowest BCUT2D eigenvalue weighted by Gasteiger charge is -2.24. The van der Waals surface area contributed by atoms with E-state index in [1.54, 1.807) is 24.3 Å². The van der Waals surface area contributed by atoms with Gasteiger partial charge in [0.2, 0.25) is 0 Å². The van der Waals surface area contributed by atoms with Crippen LogP contribution in [0, 0.1) is 0 Å². The number of rotatable bonds is 7. The smallest absolute Gasteiger partial charge is 0.271 e. The van der Waals surface area contributed by atoms with Crippen LogP contribution in [0.1, 0.15) is 5.56 Å².